The maximum Gasteiger partial charge on any atom is 0.276 e. The molecule has 0 spiro atoms. The summed E-state index contributed by atoms with van der Waals surface area (Å²) in [6.45, 7) is 1.40. The Labute approximate surface area is 113 Å². The van der Waals surface area contributed by atoms with Crippen LogP contribution in [0.1, 0.15) is 6.92 Å². The quantitative estimate of drug-likeness (QED) is 0.824. The van der Waals surface area contributed by atoms with Gasteiger partial charge in [-0.25, -0.2) is 0 Å². The van der Waals surface area contributed by atoms with Gasteiger partial charge in [0.2, 0.25) is 5.91 Å². The Hall–Kier alpha value is -0.970. The van der Waals surface area contributed by atoms with Gasteiger partial charge in [0.15, 0.2) is 0 Å². The SMILES string of the molecule is CC(=O)Nc1ccc(NC(=O)C(Cl)(Cl)Cl)cc1. The number of anilines is 2. The molecule has 0 aromatic heterocycles. The van der Waals surface area contributed by atoms with Gasteiger partial charge in [0, 0.05) is 18.3 Å². The molecule has 0 fully saturated rings. The van der Waals surface area contributed by atoms with Gasteiger partial charge < -0.3 is 10.6 Å². The fraction of sp³-hybridized carbons (Fsp3) is 0.200. The van der Waals surface area contributed by atoms with Crippen molar-refractivity contribution in [1.82, 2.24) is 0 Å². The van der Waals surface area contributed by atoms with Gasteiger partial charge in [-0.15, -0.1) is 0 Å². The molecule has 0 aliphatic heterocycles. The first-order chi connectivity index (χ1) is 7.79. The van der Waals surface area contributed by atoms with Gasteiger partial charge in [-0.3, -0.25) is 9.59 Å². The number of carbonyl (C=O) groups excluding carboxylic acids is 2. The molecule has 0 atom stereocenters. The summed E-state index contributed by atoms with van der Waals surface area (Å²) >= 11 is 16.2. The third-order valence-electron chi connectivity index (χ3n) is 1.72. The summed E-state index contributed by atoms with van der Waals surface area (Å²) in [6, 6.07) is 6.41. The number of hydrogen-bond acceptors (Lipinski definition) is 2. The molecule has 92 valence electrons. The summed E-state index contributed by atoms with van der Waals surface area (Å²) in [6.07, 6.45) is 0. The van der Waals surface area contributed by atoms with Crippen LogP contribution in [0.2, 0.25) is 0 Å². The number of carbonyl (C=O) groups is 2. The van der Waals surface area contributed by atoms with E-state index in [1.165, 1.54) is 6.92 Å². The molecule has 0 saturated carbocycles. The molecule has 0 radical (unpaired) electrons. The van der Waals surface area contributed by atoms with E-state index < -0.39 is 9.70 Å². The van der Waals surface area contributed by atoms with Crippen LogP contribution in [0.3, 0.4) is 0 Å². The van der Waals surface area contributed by atoms with Gasteiger partial charge in [-0.05, 0) is 24.3 Å². The Morgan fingerprint density at radius 3 is 1.76 bits per heavy atom. The van der Waals surface area contributed by atoms with E-state index in [4.69, 9.17) is 34.8 Å². The van der Waals surface area contributed by atoms with E-state index in [0.29, 0.717) is 11.4 Å². The van der Waals surface area contributed by atoms with Crippen LogP contribution < -0.4 is 10.6 Å². The molecule has 0 aliphatic rings. The summed E-state index contributed by atoms with van der Waals surface area (Å²) in [5.41, 5.74) is 1.08. The van der Waals surface area contributed by atoms with Gasteiger partial charge in [-0.2, -0.15) is 0 Å². The molecule has 0 saturated heterocycles. The first-order valence-electron chi connectivity index (χ1n) is 4.55. The van der Waals surface area contributed by atoms with Gasteiger partial charge >= 0.3 is 0 Å². The van der Waals surface area contributed by atoms with Crippen molar-refractivity contribution in [3.8, 4) is 0 Å². The van der Waals surface area contributed by atoms with Crippen molar-refractivity contribution in [2.24, 2.45) is 0 Å². The van der Waals surface area contributed by atoms with Crippen LogP contribution >= 0.6 is 34.8 Å². The second-order valence-electron chi connectivity index (χ2n) is 3.21. The Morgan fingerprint density at radius 1 is 1.00 bits per heavy atom. The smallest absolute Gasteiger partial charge is 0.276 e. The van der Waals surface area contributed by atoms with Crippen molar-refractivity contribution in [3.63, 3.8) is 0 Å². The molecule has 1 aromatic rings. The molecule has 1 rings (SSSR count). The third-order valence-corrected chi connectivity index (χ3v) is 2.24. The largest absolute Gasteiger partial charge is 0.326 e. The van der Waals surface area contributed by atoms with Crippen LogP contribution in [0, 0.1) is 0 Å². The summed E-state index contributed by atoms with van der Waals surface area (Å²) in [4.78, 5) is 22.1. The highest BCUT2D eigenvalue weighted by molar-refractivity contribution is 6.76. The molecule has 7 heteroatoms. The summed E-state index contributed by atoms with van der Waals surface area (Å²) in [5.74, 6) is -0.919. The standard InChI is InChI=1S/C10H9Cl3N2O2/c1-6(16)14-7-2-4-8(5-3-7)15-9(17)10(11,12)13/h2-5H,1H3,(H,14,16)(H,15,17). The third kappa shape index (κ3) is 4.81. The average Bonchev–Trinajstić information content (AvgIpc) is 2.18. The zero-order valence-electron chi connectivity index (χ0n) is 8.76. The topological polar surface area (TPSA) is 58.2 Å². The lowest BCUT2D eigenvalue weighted by Gasteiger charge is -2.11. The minimum absolute atomic E-state index is 0.178. The number of hydrogen-bond donors (Lipinski definition) is 2. The van der Waals surface area contributed by atoms with E-state index in [-0.39, 0.29) is 5.91 Å². The first kappa shape index (κ1) is 14.1. The molecule has 2 N–H and O–H groups in total. The van der Waals surface area contributed by atoms with Crippen molar-refractivity contribution in [2.75, 3.05) is 10.6 Å². The minimum atomic E-state index is -2.00. The minimum Gasteiger partial charge on any atom is -0.326 e. The highest BCUT2D eigenvalue weighted by Crippen LogP contribution is 2.27. The fourth-order valence-electron chi connectivity index (χ4n) is 1.04. The molecular formula is C10H9Cl3N2O2. The van der Waals surface area contributed by atoms with E-state index in [9.17, 15) is 9.59 Å². The normalized spacial score (nSPS) is 10.8. The molecule has 0 heterocycles. The van der Waals surface area contributed by atoms with E-state index in [2.05, 4.69) is 10.6 Å². The Morgan fingerprint density at radius 2 is 1.41 bits per heavy atom. The lowest BCUT2D eigenvalue weighted by Crippen LogP contribution is -2.26. The highest BCUT2D eigenvalue weighted by Gasteiger charge is 2.30. The zero-order valence-corrected chi connectivity index (χ0v) is 11.0. The van der Waals surface area contributed by atoms with Crippen molar-refractivity contribution in [3.05, 3.63) is 24.3 Å². The predicted molar refractivity (Wildman–Crippen MR) is 69.7 cm³/mol. The maximum atomic E-state index is 11.3. The Kier molecular flexibility index (Phi) is 4.62. The molecule has 2 amide bonds. The van der Waals surface area contributed by atoms with Crippen molar-refractivity contribution in [1.29, 1.82) is 0 Å². The number of halogens is 3. The maximum absolute atomic E-state index is 11.3. The van der Waals surface area contributed by atoms with Crippen LogP contribution in [0.15, 0.2) is 24.3 Å². The van der Waals surface area contributed by atoms with Crippen LogP contribution in [0.25, 0.3) is 0 Å². The number of amides is 2. The second kappa shape index (κ2) is 5.58. The highest BCUT2D eigenvalue weighted by atomic mass is 35.6. The van der Waals surface area contributed by atoms with Gasteiger partial charge in [0.25, 0.3) is 9.70 Å². The van der Waals surface area contributed by atoms with Crippen LogP contribution in [0.4, 0.5) is 11.4 Å². The molecule has 4 nitrogen and oxygen atoms in total. The molecule has 1 aromatic carbocycles. The molecule has 17 heavy (non-hydrogen) atoms. The van der Waals surface area contributed by atoms with E-state index in [0.717, 1.165) is 0 Å². The molecule has 0 unspecified atom stereocenters. The van der Waals surface area contributed by atoms with E-state index in [1.54, 1.807) is 24.3 Å². The van der Waals surface area contributed by atoms with Crippen molar-refractivity contribution < 1.29 is 9.59 Å². The van der Waals surface area contributed by atoms with Gasteiger partial charge in [-0.1, -0.05) is 34.8 Å². The predicted octanol–water partition coefficient (Wildman–Crippen LogP) is 2.95. The first-order valence-corrected chi connectivity index (χ1v) is 5.68. The Balaban J connectivity index is 2.69. The summed E-state index contributed by atoms with van der Waals surface area (Å²) in [7, 11) is 0. The van der Waals surface area contributed by atoms with Crippen LogP contribution in [0.5, 0.6) is 0 Å². The van der Waals surface area contributed by atoms with E-state index >= 15 is 0 Å². The summed E-state index contributed by atoms with van der Waals surface area (Å²) in [5, 5.41) is 5.00. The number of alkyl halides is 3. The number of rotatable bonds is 2. The van der Waals surface area contributed by atoms with Crippen molar-refractivity contribution in [2.45, 2.75) is 10.7 Å². The van der Waals surface area contributed by atoms with Crippen LogP contribution in [-0.4, -0.2) is 15.6 Å². The van der Waals surface area contributed by atoms with Gasteiger partial charge in [0.1, 0.15) is 0 Å². The number of benzene rings is 1. The van der Waals surface area contributed by atoms with Gasteiger partial charge in [0.05, 0.1) is 0 Å². The van der Waals surface area contributed by atoms with Crippen LogP contribution in [-0.2, 0) is 9.59 Å². The summed E-state index contributed by atoms with van der Waals surface area (Å²) < 4.78 is -2.00. The number of nitrogens with one attached hydrogen (secondary N) is 2. The molecular weight excluding hydrogens is 286 g/mol. The fourth-order valence-corrected chi connectivity index (χ4v) is 1.18. The lowest BCUT2D eigenvalue weighted by atomic mass is 10.2. The average molecular weight is 296 g/mol. The van der Waals surface area contributed by atoms with E-state index in [1.807, 2.05) is 0 Å². The second-order valence-corrected chi connectivity index (χ2v) is 5.49. The zero-order chi connectivity index (χ0) is 13.1. The Bertz CT molecular complexity index is 426. The monoisotopic (exact) mass is 294 g/mol. The van der Waals surface area contributed by atoms with Crippen molar-refractivity contribution >= 4 is 58.0 Å². The molecule has 0 aliphatic carbocycles. The lowest BCUT2D eigenvalue weighted by molar-refractivity contribution is -0.115. The molecule has 0 bridgehead atoms.